The van der Waals surface area contributed by atoms with E-state index in [0.717, 1.165) is 5.56 Å². The third-order valence-electron chi connectivity index (χ3n) is 5.73. The highest BCUT2D eigenvalue weighted by molar-refractivity contribution is 5.95. The van der Waals surface area contributed by atoms with E-state index in [1.807, 2.05) is 24.3 Å². The molecule has 178 valence electrons. The van der Waals surface area contributed by atoms with Crippen LogP contribution in [0.2, 0.25) is 0 Å². The van der Waals surface area contributed by atoms with Crippen molar-refractivity contribution in [2.75, 3.05) is 32.6 Å². The van der Waals surface area contributed by atoms with Crippen molar-refractivity contribution < 1.29 is 19.1 Å². The molecular weight excluding hydrogens is 436 g/mol. The summed E-state index contributed by atoms with van der Waals surface area (Å²) in [6.07, 6.45) is 2.97. The highest BCUT2D eigenvalue weighted by Crippen LogP contribution is 2.28. The van der Waals surface area contributed by atoms with Gasteiger partial charge in [0.1, 0.15) is 6.33 Å². The Bertz CT molecular complexity index is 1170. The van der Waals surface area contributed by atoms with Crippen LogP contribution >= 0.6 is 0 Å². The number of methoxy groups -OCH3 is 2. The molecule has 0 atom stereocenters. The molecular formula is C24H28N6O4. The number of nitrogens with one attached hydrogen (secondary N) is 2. The van der Waals surface area contributed by atoms with Crippen LogP contribution in [0.3, 0.4) is 0 Å². The molecule has 0 spiro atoms. The summed E-state index contributed by atoms with van der Waals surface area (Å²) in [5, 5.41) is 10.2. The van der Waals surface area contributed by atoms with Crippen LogP contribution in [-0.2, 0) is 7.05 Å². The third-order valence-corrected chi connectivity index (χ3v) is 5.73. The van der Waals surface area contributed by atoms with Crippen LogP contribution in [0.4, 0.5) is 10.5 Å². The first-order chi connectivity index (χ1) is 16.5. The lowest BCUT2D eigenvalue weighted by molar-refractivity contribution is 0.0708. The molecule has 0 radical (unpaired) electrons. The Balaban J connectivity index is 1.29. The topological polar surface area (TPSA) is 111 Å². The van der Waals surface area contributed by atoms with Gasteiger partial charge >= 0.3 is 6.03 Å². The van der Waals surface area contributed by atoms with Crippen molar-refractivity contribution >= 4 is 17.6 Å². The molecule has 0 saturated carbocycles. The molecule has 0 bridgehead atoms. The van der Waals surface area contributed by atoms with E-state index < -0.39 is 0 Å². The van der Waals surface area contributed by atoms with Crippen LogP contribution in [-0.4, -0.2) is 65.0 Å². The number of ether oxygens (including phenoxy) is 2. The highest BCUT2D eigenvalue weighted by Gasteiger charge is 2.25. The molecule has 1 aromatic heterocycles. The summed E-state index contributed by atoms with van der Waals surface area (Å²) in [5.41, 5.74) is 2.02. The molecule has 2 N–H and O–H groups in total. The van der Waals surface area contributed by atoms with Gasteiger partial charge in [0.2, 0.25) is 0 Å². The number of carbonyl (C=O) groups excluding carboxylic acids is 2. The Kier molecular flexibility index (Phi) is 6.95. The van der Waals surface area contributed by atoms with Gasteiger partial charge in [-0.2, -0.15) is 5.10 Å². The Morgan fingerprint density at radius 1 is 1.03 bits per heavy atom. The second-order valence-electron chi connectivity index (χ2n) is 8.06. The largest absolute Gasteiger partial charge is 0.493 e. The number of hydrogen-bond donors (Lipinski definition) is 2. The predicted molar refractivity (Wildman–Crippen MR) is 127 cm³/mol. The molecule has 4 rings (SSSR count). The van der Waals surface area contributed by atoms with Crippen LogP contribution < -0.4 is 20.1 Å². The van der Waals surface area contributed by atoms with E-state index in [-0.39, 0.29) is 18.0 Å². The second kappa shape index (κ2) is 10.2. The van der Waals surface area contributed by atoms with E-state index in [0.29, 0.717) is 54.5 Å². The van der Waals surface area contributed by atoms with Gasteiger partial charge in [-0.05, 0) is 43.2 Å². The first-order valence-electron chi connectivity index (χ1n) is 11.0. The molecule has 3 amide bonds. The number of rotatable bonds is 6. The molecule has 1 saturated heterocycles. The Hall–Kier alpha value is -4.08. The van der Waals surface area contributed by atoms with E-state index in [9.17, 15) is 9.59 Å². The lowest BCUT2D eigenvalue weighted by Crippen LogP contribution is -2.47. The van der Waals surface area contributed by atoms with Gasteiger partial charge in [-0.15, -0.1) is 0 Å². The molecule has 10 heteroatoms. The first-order valence-corrected chi connectivity index (χ1v) is 11.0. The predicted octanol–water partition coefficient (Wildman–Crippen LogP) is 2.93. The SMILES string of the molecule is COc1ccc(C(=O)N2CCC(NC(=O)Nc3cccc(-c4ncn(C)n4)c3)CC2)cc1OC. The maximum absolute atomic E-state index is 12.9. The van der Waals surface area contributed by atoms with Gasteiger partial charge in [0.05, 0.1) is 14.2 Å². The van der Waals surface area contributed by atoms with Gasteiger partial charge in [0.15, 0.2) is 17.3 Å². The Labute approximate surface area is 197 Å². The summed E-state index contributed by atoms with van der Waals surface area (Å²) in [5.74, 6) is 1.63. The van der Waals surface area contributed by atoms with Crippen molar-refractivity contribution in [3.05, 3.63) is 54.4 Å². The average molecular weight is 465 g/mol. The molecule has 2 heterocycles. The summed E-state index contributed by atoms with van der Waals surface area (Å²) in [4.78, 5) is 31.5. The number of carbonyl (C=O) groups is 2. The van der Waals surface area contributed by atoms with Crippen molar-refractivity contribution in [1.82, 2.24) is 25.0 Å². The molecule has 3 aromatic rings. The third kappa shape index (κ3) is 5.28. The van der Waals surface area contributed by atoms with E-state index in [2.05, 4.69) is 20.7 Å². The van der Waals surface area contributed by atoms with Crippen molar-refractivity contribution in [3.63, 3.8) is 0 Å². The minimum atomic E-state index is -0.282. The minimum Gasteiger partial charge on any atom is -0.493 e. The quantitative estimate of drug-likeness (QED) is 0.580. The van der Waals surface area contributed by atoms with E-state index >= 15 is 0 Å². The van der Waals surface area contributed by atoms with Gasteiger partial charge in [0, 0.05) is 43.0 Å². The number of urea groups is 1. The van der Waals surface area contributed by atoms with Gasteiger partial charge in [-0.3, -0.25) is 9.48 Å². The number of amides is 3. The zero-order chi connectivity index (χ0) is 24.1. The molecule has 10 nitrogen and oxygen atoms in total. The lowest BCUT2D eigenvalue weighted by Gasteiger charge is -2.32. The van der Waals surface area contributed by atoms with E-state index in [4.69, 9.17) is 9.47 Å². The summed E-state index contributed by atoms with van der Waals surface area (Å²) in [7, 11) is 4.90. The van der Waals surface area contributed by atoms with Gasteiger partial charge < -0.3 is 25.0 Å². The molecule has 34 heavy (non-hydrogen) atoms. The lowest BCUT2D eigenvalue weighted by atomic mass is 10.0. The number of anilines is 1. The highest BCUT2D eigenvalue weighted by atomic mass is 16.5. The number of aromatic nitrogens is 3. The van der Waals surface area contributed by atoms with Gasteiger partial charge in [-0.1, -0.05) is 12.1 Å². The molecule has 1 fully saturated rings. The van der Waals surface area contributed by atoms with E-state index in [1.165, 1.54) is 0 Å². The van der Waals surface area contributed by atoms with Crippen molar-refractivity contribution in [2.45, 2.75) is 18.9 Å². The smallest absolute Gasteiger partial charge is 0.319 e. The van der Waals surface area contributed by atoms with Crippen molar-refractivity contribution in [2.24, 2.45) is 7.05 Å². The number of benzene rings is 2. The van der Waals surface area contributed by atoms with Crippen molar-refractivity contribution in [3.8, 4) is 22.9 Å². The normalized spacial score (nSPS) is 13.9. The fourth-order valence-corrected chi connectivity index (χ4v) is 3.94. The minimum absolute atomic E-state index is 0.0184. The van der Waals surface area contributed by atoms with Crippen LogP contribution in [0.15, 0.2) is 48.8 Å². The Morgan fingerprint density at radius 3 is 2.47 bits per heavy atom. The maximum Gasteiger partial charge on any atom is 0.319 e. The fourth-order valence-electron chi connectivity index (χ4n) is 3.94. The van der Waals surface area contributed by atoms with Crippen molar-refractivity contribution in [1.29, 1.82) is 0 Å². The standard InChI is InChI=1S/C24H28N6O4/c1-29-15-25-22(28-29)16-5-4-6-19(13-16)27-24(32)26-18-9-11-30(12-10-18)23(31)17-7-8-20(33-2)21(14-17)34-3/h4-8,13-15,18H,9-12H2,1-3H3,(H2,26,27,32). The molecule has 0 unspecified atom stereocenters. The monoisotopic (exact) mass is 464 g/mol. The molecule has 2 aromatic carbocycles. The van der Waals surface area contributed by atoms with Crippen LogP contribution in [0, 0.1) is 0 Å². The summed E-state index contributed by atoms with van der Waals surface area (Å²) >= 11 is 0. The maximum atomic E-state index is 12.9. The van der Waals surface area contributed by atoms with Crippen LogP contribution in [0.5, 0.6) is 11.5 Å². The number of piperidine rings is 1. The molecule has 1 aliphatic rings. The summed E-state index contributed by atoms with van der Waals surface area (Å²) in [6, 6.07) is 12.2. The fraction of sp³-hybridized carbons (Fsp3) is 0.333. The summed E-state index contributed by atoms with van der Waals surface area (Å²) in [6.45, 7) is 1.11. The number of likely N-dealkylation sites (tertiary alicyclic amines) is 1. The average Bonchev–Trinajstić information content (AvgIpc) is 3.30. The zero-order valence-electron chi connectivity index (χ0n) is 19.4. The van der Waals surface area contributed by atoms with Crippen LogP contribution in [0.25, 0.3) is 11.4 Å². The molecule has 0 aliphatic carbocycles. The van der Waals surface area contributed by atoms with Gasteiger partial charge in [0.25, 0.3) is 5.91 Å². The second-order valence-corrected chi connectivity index (χ2v) is 8.06. The van der Waals surface area contributed by atoms with Gasteiger partial charge in [-0.25, -0.2) is 9.78 Å². The zero-order valence-corrected chi connectivity index (χ0v) is 19.4. The first kappa shape index (κ1) is 23.1. The number of hydrogen-bond acceptors (Lipinski definition) is 6. The summed E-state index contributed by atoms with van der Waals surface area (Å²) < 4.78 is 12.2. The van der Waals surface area contributed by atoms with Crippen LogP contribution in [0.1, 0.15) is 23.2 Å². The van der Waals surface area contributed by atoms with E-state index in [1.54, 1.807) is 55.4 Å². The number of aryl methyl sites for hydroxylation is 1. The number of nitrogens with zero attached hydrogens (tertiary/aromatic N) is 4. The Morgan fingerprint density at radius 2 is 1.79 bits per heavy atom. The molecule has 1 aliphatic heterocycles.